The number of esters is 1. The van der Waals surface area contributed by atoms with Crippen molar-refractivity contribution in [1.82, 2.24) is 0 Å². The van der Waals surface area contributed by atoms with E-state index in [4.69, 9.17) is 32.7 Å². The summed E-state index contributed by atoms with van der Waals surface area (Å²) >= 11 is 12.4. The Kier molecular flexibility index (Phi) is 5.19. The summed E-state index contributed by atoms with van der Waals surface area (Å²) in [5.74, 6) is 1.38. The number of nitrogens with one attached hydrogen (secondary N) is 1. The van der Waals surface area contributed by atoms with E-state index in [2.05, 4.69) is 5.32 Å². The van der Waals surface area contributed by atoms with E-state index in [0.29, 0.717) is 34.5 Å². The van der Waals surface area contributed by atoms with E-state index in [1.807, 2.05) is 61.5 Å². The first-order valence-electron chi connectivity index (χ1n) is 10.4. The average molecular weight is 469 g/mol. The van der Waals surface area contributed by atoms with Crippen LogP contribution in [-0.2, 0) is 10.3 Å². The van der Waals surface area contributed by atoms with Gasteiger partial charge in [0.2, 0.25) is 0 Å². The molecule has 5 nitrogen and oxygen atoms in total. The largest absolute Gasteiger partial charge is 0.456 e. The third-order valence-corrected chi connectivity index (χ3v) is 6.51. The van der Waals surface area contributed by atoms with Crippen molar-refractivity contribution in [1.29, 1.82) is 0 Å². The van der Waals surface area contributed by atoms with Crippen molar-refractivity contribution in [2.45, 2.75) is 12.0 Å². The summed E-state index contributed by atoms with van der Waals surface area (Å²) < 4.78 is 12.5. The van der Waals surface area contributed by atoms with Crippen LogP contribution < -0.4 is 15.0 Å². The first-order chi connectivity index (χ1) is 15.5. The topological polar surface area (TPSA) is 50.8 Å². The van der Waals surface area contributed by atoms with Crippen molar-refractivity contribution >= 4 is 40.5 Å². The standard InChI is InChI=1S/C25H22Cl2N2O3/c1-29(2)15-8-9-18-22(12-15)31-23-14-20(27)21(28-11-5-10-26)13-19(23)25(18)17-7-4-3-6-16(17)24(30)32-25/h3-4,6-9,12-14,28H,5,10-11H2,1-2H3. The summed E-state index contributed by atoms with van der Waals surface area (Å²) in [5.41, 5.74) is 3.46. The lowest BCUT2D eigenvalue weighted by atomic mass is 9.77. The van der Waals surface area contributed by atoms with Crippen LogP contribution in [0.4, 0.5) is 11.4 Å². The van der Waals surface area contributed by atoms with Crippen LogP contribution in [0.2, 0.25) is 5.02 Å². The zero-order chi connectivity index (χ0) is 22.5. The molecule has 1 unspecified atom stereocenters. The third kappa shape index (κ3) is 3.11. The number of rotatable bonds is 5. The highest BCUT2D eigenvalue weighted by molar-refractivity contribution is 6.33. The fraction of sp³-hybridized carbons (Fsp3) is 0.240. The minimum atomic E-state index is -1.12. The van der Waals surface area contributed by atoms with Gasteiger partial charge in [-0.2, -0.15) is 0 Å². The smallest absolute Gasteiger partial charge is 0.340 e. The van der Waals surface area contributed by atoms with Gasteiger partial charge in [0.25, 0.3) is 0 Å². The third-order valence-electron chi connectivity index (χ3n) is 5.93. The number of anilines is 2. The second kappa shape index (κ2) is 7.91. The first-order valence-corrected chi connectivity index (χ1v) is 11.3. The summed E-state index contributed by atoms with van der Waals surface area (Å²) in [6.07, 6.45) is 0.796. The Bertz CT molecular complexity index is 1230. The number of fused-ring (bicyclic) bond motifs is 6. The van der Waals surface area contributed by atoms with Crippen molar-refractivity contribution in [2.75, 3.05) is 36.7 Å². The molecule has 3 aromatic rings. The van der Waals surface area contributed by atoms with Gasteiger partial charge in [0.05, 0.1) is 16.3 Å². The number of ether oxygens (including phenoxy) is 2. The van der Waals surface area contributed by atoms with Crippen LogP contribution in [0.5, 0.6) is 11.5 Å². The molecule has 3 aromatic carbocycles. The van der Waals surface area contributed by atoms with Gasteiger partial charge in [0.1, 0.15) is 11.5 Å². The van der Waals surface area contributed by atoms with Crippen molar-refractivity contribution in [3.63, 3.8) is 0 Å². The molecule has 2 aliphatic heterocycles. The minimum absolute atomic E-state index is 0.359. The SMILES string of the molecule is CN(C)c1ccc2c(c1)Oc1cc(Cl)c(NCCCCl)cc1C21OC(=O)c2ccccc21. The lowest BCUT2D eigenvalue weighted by molar-refractivity contribution is 0.0224. The monoisotopic (exact) mass is 468 g/mol. The second-order valence-corrected chi connectivity index (χ2v) is 8.88. The summed E-state index contributed by atoms with van der Waals surface area (Å²) in [6.45, 7) is 0.676. The normalized spacial score (nSPS) is 17.8. The van der Waals surface area contributed by atoms with Crippen molar-refractivity contribution in [3.05, 3.63) is 81.9 Å². The number of benzene rings is 3. The lowest BCUT2D eigenvalue weighted by Gasteiger charge is -2.37. The molecule has 0 amide bonds. The van der Waals surface area contributed by atoms with Crippen molar-refractivity contribution < 1.29 is 14.3 Å². The van der Waals surface area contributed by atoms with Gasteiger partial charge in [-0.3, -0.25) is 0 Å². The maximum Gasteiger partial charge on any atom is 0.340 e. The zero-order valence-electron chi connectivity index (χ0n) is 17.7. The lowest BCUT2D eigenvalue weighted by Crippen LogP contribution is -2.33. The molecule has 0 aliphatic carbocycles. The first kappa shape index (κ1) is 21.0. The molecule has 0 fully saturated rings. The molecule has 7 heteroatoms. The molecule has 0 radical (unpaired) electrons. The van der Waals surface area contributed by atoms with Crippen LogP contribution >= 0.6 is 23.2 Å². The van der Waals surface area contributed by atoms with E-state index in [0.717, 1.165) is 34.5 Å². The fourth-order valence-corrected chi connectivity index (χ4v) is 4.74. The van der Waals surface area contributed by atoms with Crippen LogP contribution in [0, 0.1) is 0 Å². The fourth-order valence-electron chi connectivity index (χ4n) is 4.39. The Hall–Kier alpha value is -2.89. The summed E-state index contributed by atoms with van der Waals surface area (Å²) in [5, 5.41) is 3.86. The number of carbonyl (C=O) groups is 1. The molecule has 1 spiro atoms. The molecule has 2 heterocycles. The van der Waals surface area contributed by atoms with E-state index >= 15 is 0 Å². The zero-order valence-corrected chi connectivity index (χ0v) is 19.3. The molecule has 32 heavy (non-hydrogen) atoms. The van der Waals surface area contributed by atoms with Crippen LogP contribution in [0.1, 0.15) is 33.5 Å². The molecule has 5 rings (SSSR count). The van der Waals surface area contributed by atoms with Crippen LogP contribution in [0.15, 0.2) is 54.6 Å². The molecule has 2 aliphatic rings. The molecule has 0 saturated carbocycles. The molecule has 1 N–H and O–H groups in total. The van der Waals surface area contributed by atoms with Gasteiger partial charge in [-0.15, -0.1) is 11.6 Å². The Morgan fingerprint density at radius 3 is 2.56 bits per heavy atom. The van der Waals surface area contributed by atoms with E-state index in [-0.39, 0.29) is 5.97 Å². The minimum Gasteiger partial charge on any atom is -0.456 e. The quantitative estimate of drug-likeness (QED) is 0.282. The van der Waals surface area contributed by atoms with Gasteiger partial charge in [0.15, 0.2) is 5.60 Å². The van der Waals surface area contributed by atoms with Gasteiger partial charge in [-0.05, 0) is 30.7 Å². The highest BCUT2D eigenvalue weighted by atomic mass is 35.5. The average Bonchev–Trinajstić information content (AvgIpc) is 3.08. The highest BCUT2D eigenvalue weighted by Crippen LogP contribution is 2.57. The Morgan fingerprint density at radius 2 is 1.78 bits per heavy atom. The predicted molar refractivity (Wildman–Crippen MR) is 128 cm³/mol. The van der Waals surface area contributed by atoms with E-state index < -0.39 is 5.60 Å². The number of hydrogen-bond donors (Lipinski definition) is 1. The number of nitrogens with zero attached hydrogens (tertiary/aromatic N) is 1. The van der Waals surface area contributed by atoms with E-state index in [1.54, 1.807) is 12.1 Å². The highest BCUT2D eigenvalue weighted by Gasteiger charge is 2.53. The van der Waals surface area contributed by atoms with Crippen molar-refractivity contribution in [3.8, 4) is 11.5 Å². The Balaban J connectivity index is 1.76. The number of alkyl halides is 1. The van der Waals surface area contributed by atoms with Crippen LogP contribution in [0.3, 0.4) is 0 Å². The van der Waals surface area contributed by atoms with Gasteiger partial charge >= 0.3 is 5.97 Å². The van der Waals surface area contributed by atoms with Gasteiger partial charge in [0, 0.05) is 61.0 Å². The summed E-state index contributed by atoms with van der Waals surface area (Å²) in [6, 6.07) is 17.1. The molecule has 0 saturated heterocycles. The number of halogens is 2. The van der Waals surface area contributed by atoms with Gasteiger partial charge in [-0.1, -0.05) is 29.8 Å². The van der Waals surface area contributed by atoms with Crippen molar-refractivity contribution in [2.24, 2.45) is 0 Å². The Labute approximate surface area is 196 Å². The number of hydrogen-bond acceptors (Lipinski definition) is 5. The van der Waals surface area contributed by atoms with Crippen LogP contribution in [-0.4, -0.2) is 32.5 Å². The Morgan fingerprint density at radius 1 is 1.00 bits per heavy atom. The maximum absolute atomic E-state index is 13.0. The second-order valence-electron chi connectivity index (χ2n) is 8.09. The van der Waals surface area contributed by atoms with Crippen LogP contribution in [0.25, 0.3) is 0 Å². The van der Waals surface area contributed by atoms with E-state index in [9.17, 15) is 4.79 Å². The maximum atomic E-state index is 13.0. The predicted octanol–water partition coefficient (Wildman–Crippen LogP) is 6.01. The molecule has 0 aromatic heterocycles. The molecular weight excluding hydrogens is 447 g/mol. The summed E-state index contributed by atoms with van der Waals surface area (Å²) in [7, 11) is 3.93. The van der Waals surface area contributed by atoms with Gasteiger partial charge < -0.3 is 19.7 Å². The van der Waals surface area contributed by atoms with Gasteiger partial charge in [-0.25, -0.2) is 4.79 Å². The molecule has 1 atom stereocenters. The summed E-state index contributed by atoms with van der Waals surface area (Å²) in [4.78, 5) is 15.0. The molecule has 164 valence electrons. The number of carbonyl (C=O) groups excluding carboxylic acids is 1. The molecular formula is C25H22Cl2N2O3. The van der Waals surface area contributed by atoms with E-state index in [1.165, 1.54) is 0 Å². The molecule has 0 bridgehead atoms.